The van der Waals surface area contributed by atoms with Crippen molar-refractivity contribution in [2.45, 2.75) is 37.9 Å². The number of aryl methyl sites for hydroxylation is 2. The lowest BCUT2D eigenvalue weighted by Gasteiger charge is -2.39. The Morgan fingerprint density at radius 1 is 0.980 bits per heavy atom. The van der Waals surface area contributed by atoms with Crippen LogP contribution in [0.3, 0.4) is 0 Å². The molecule has 0 amide bonds. The van der Waals surface area contributed by atoms with Crippen LogP contribution in [0.25, 0.3) is 11.0 Å². The molecule has 14 nitrogen and oxygen atoms in total. The fourth-order valence-corrected chi connectivity index (χ4v) is 8.13. The van der Waals surface area contributed by atoms with Crippen molar-refractivity contribution < 1.29 is 28.9 Å². The second-order valence-electron chi connectivity index (χ2n) is 12.0. The van der Waals surface area contributed by atoms with Crippen molar-refractivity contribution >= 4 is 61.1 Å². The van der Waals surface area contributed by atoms with Gasteiger partial charge in [-0.1, -0.05) is 6.08 Å². The monoisotopic (exact) mass is 857 g/mol. The van der Waals surface area contributed by atoms with Crippen LogP contribution in [-0.2, 0) is 36.1 Å². The number of rotatable bonds is 7. The number of carbonyl (C=O) groups is 2. The minimum Gasteiger partial charge on any atom is -0.503 e. The predicted molar refractivity (Wildman–Crippen MR) is 193 cm³/mol. The summed E-state index contributed by atoms with van der Waals surface area (Å²) in [7, 11) is 5.99. The number of benzene rings is 2. The van der Waals surface area contributed by atoms with Crippen molar-refractivity contribution in [3.63, 3.8) is 0 Å². The number of carbonyl (C=O) groups excluding carboxylic acids is 2. The molecule has 1 aliphatic heterocycles. The fraction of sp³-hybridized carbons (Fsp3) is 0.294. The van der Waals surface area contributed by atoms with Gasteiger partial charge in [-0.05, 0) is 61.8 Å². The Kier molecular flexibility index (Phi) is 8.48. The molecule has 0 unspecified atom stereocenters. The van der Waals surface area contributed by atoms with Crippen molar-refractivity contribution in [1.29, 1.82) is 0 Å². The summed E-state index contributed by atoms with van der Waals surface area (Å²) in [5.74, 6) is -0.539. The molecule has 0 bridgehead atoms. The van der Waals surface area contributed by atoms with Crippen LogP contribution in [0.2, 0.25) is 0 Å². The molecule has 258 valence electrons. The van der Waals surface area contributed by atoms with Crippen LogP contribution >= 0.6 is 38.5 Å². The van der Waals surface area contributed by atoms with Gasteiger partial charge in [0.2, 0.25) is 0 Å². The smallest absolute Gasteiger partial charge is 0.347 e. The number of aromatic hydroxyl groups is 1. The summed E-state index contributed by atoms with van der Waals surface area (Å²) in [5, 5.41) is 10.5. The molecule has 1 N–H and O–H groups in total. The molecule has 0 radical (unpaired) electrons. The average molecular weight is 858 g/mol. The van der Waals surface area contributed by atoms with Crippen LogP contribution in [0.4, 0.5) is 0 Å². The van der Waals surface area contributed by atoms with Crippen LogP contribution in [0.1, 0.15) is 29.6 Å². The number of ketones is 2. The summed E-state index contributed by atoms with van der Waals surface area (Å²) in [6.45, 7) is -0.110. The summed E-state index contributed by atoms with van der Waals surface area (Å²) in [5.41, 5.74) is 1.30. The van der Waals surface area contributed by atoms with Gasteiger partial charge in [0.25, 0.3) is 5.56 Å². The second-order valence-corrected chi connectivity index (χ2v) is 14.0. The Labute approximate surface area is 305 Å². The standard InChI is InChI=1S/C34H29BrIN5O9/c1-38-23-14-26(49-3)25(48-2)13-21(23)37-20(32(38)45)6-7-39-33(46)40-8-5-16-22(41(40)34(39)47)11-17-24(42)12-19(36)31(44)29(17)28(16)15-9-18(35)30(43)27(10-15)50-4/h5,9-10,12-14,22,28,43H,6-8,11H2,1-4H3/t22-,28+/m1/s1. The van der Waals surface area contributed by atoms with Crippen molar-refractivity contribution in [2.24, 2.45) is 7.05 Å². The Bertz CT molecular complexity index is 2470. The number of ether oxygens (including phenoxy) is 3. The van der Waals surface area contributed by atoms with Gasteiger partial charge in [-0.15, -0.1) is 0 Å². The summed E-state index contributed by atoms with van der Waals surface area (Å²) >= 11 is 5.22. The fourth-order valence-electron chi connectivity index (χ4n) is 7.09. The molecule has 0 spiro atoms. The highest BCUT2D eigenvalue weighted by Gasteiger charge is 2.45. The third-order valence-corrected chi connectivity index (χ3v) is 10.9. The number of aromatic nitrogens is 5. The molecule has 7 rings (SSSR count). The zero-order valence-corrected chi connectivity index (χ0v) is 30.9. The normalized spacial score (nSPS) is 18.4. The number of hydrogen-bond acceptors (Lipinski definition) is 10. The maximum Gasteiger partial charge on any atom is 0.347 e. The first-order chi connectivity index (χ1) is 23.9. The first-order valence-electron chi connectivity index (χ1n) is 15.4. The highest BCUT2D eigenvalue weighted by Crippen LogP contribution is 2.52. The van der Waals surface area contributed by atoms with E-state index in [-0.39, 0.29) is 69.4 Å². The number of phenols is 1. The Morgan fingerprint density at radius 3 is 2.38 bits per heavy atom. The van der Waals surface area contributed by atoms with Gasteiger partial charge in [0, 0.05) is 61.7 Å². The van der Waals surface area contributed by atoms with E-state index in [0.29, 0.717) is 43.7 Å². The van der Waals surface area contributed by atoms with E-state index in [1.165, 1.54) is 41.3 Å². The third-order valence-electron chi connectivity index (χ3n) is 9.51. The van der Waals surface area contributed by atoms with E-state index in [2.05, 4.69) is 20.9 Å². The first kappa shape index (κ1) is 33.8. The lowest BCUT2D eigenvalue weighted by molar-refractivity contribution is -0.115. The van der Waals surface area contributed by atoms with Gasteiger partial charge < -0.3 is 23.9 Å². The number of nitrogens with zero attached hydrogens (tertiary/aromatic N) is 5. The first-order valence-corrected chi connectivity index (χ1v) is 17.3. The van der Waals surface area contributed by atoms with E-state index >= 15 is 0 Å². The highest BCUT2D eigenvalue weighted by molar-refractivity contribution is 14.1. The zero-order valence-electron chi connectivity index (χ0n) is 27.2. The number of methoxy groups -OCH3 is 3. The summed E-state index contributed by atoms with van der Waals surface area (Å²) in [6, 6.07) is 5.78. The number of allylic oxidation sites excluding steroid dienone is 6. The molecule has 2 aliphatic carbocycles. The molecular formula is C34H29BrIN5O9. The number of halogens is 2. The van der Waals surface area contributed by atoms with Gasteiger partial charge in [-0.3, -0.25) is 14.4 Å². The molecule has 2 atom stereocenters. The van der Waals surface area contributed by atoms with Gasteiger partial charge >= 0.3 is 11.4 Å². The molecule has 0 fully saturated rings. The average Bonchev–Trinajstić information content (AvgIpc) is 3.36. The predicted octanol–water partition coefficient (Wildman–Crippen LogP) is 3.23. The number of phenolic OH excluding ortho intramolecular Hbond substituents is 1. The molecule has 3 aliphatic rings. The molecule has 16 heteroatoms. The molecule has 2 aromatic heterocycles. The van der Waals surface area contributed by atoms with E-state index in [0.717, 1.165) is 4.57 Å². The van der Waals surface area contributed by atoms with Crippen molar-refractivity contribution in [3.8, 4) is 23.0 Å². The summed E-state index contributed by atoms with van der Waals surface area (Å²) < 4.78 is 21.9. The SMILES string of the molecule is COc1cc2nc(CCn3c(=O)n4n(c3=O)[C@@H]3CC5=C(C(=O)C(I)=CC5=O)[C@@H](c5cc(Br)c(O)c(OC)c5)C3=CC4)c(=O)n(C)c2cc1OC. The molecule has 3 heterocycles. The van der Waals surface area contributed by atoms with Gasteiger partial charge in [0.15, 0.2) is 34.6 Å². The number of hydrogen-bond donors (Lipinski definition) is 1. The van der Waals surface area contributed by atoms with Gasteiger partial charge in [-0.25, -0.2) is 28.5 Å². The Hall–Kier alpha value is -4.71. The molecule has 2 aromatic carbocycles. The largest absolute Gasteiger partial charge is 0.503 e. The summed E-state index contributed by atoms with van der Waals surface area (Å²) in [4.78, 5) is 72.9. The van der Waals surface area contributed by atoms with Gasteiger partial charge in [0.1, 0.15) is 5.69 Å². The van der Waals surface area contributed by atoms with E-state index in [1.54, 1.807) is 31.3 Å². The lowest BCUT2D eigenvalue weighted by atomic mass is 9.69. The second kappa shape index (κ2) is 12.6. The molecule has 4 aromatic rings. The third kappa shape index (κ3) is 5.09. The molecular weight excluding hydrogens is 829 g/mol. The van der Waals surface area contributed by atoms with E-state index < -0.39 is 23.3 Å². The van der Waals surface area contributed by atoms with E-state index in [1.807, 2.05) is 28.7 Å². The van der Waals surface area contributed by atoms with E-state index in [9.17, 15) is 29.1 Å². The van der Waals surface area contributed by atoms with Gasteiger partial charge in [-0.2, -0.15) is 0 Å². The lowest BCUT2D eigenvalue weighted by Crippen LogP contribution is -2.40. The van der Waals surface area contributed by atoms with Crippen LogP contribution in [0, 0.1) is 0 Å². The van der Waals surface area contributed by atoms with Crippen molar-refractivity contribution in [3.05, 3.63) is 104 Å². The molecule has 0 saturated carbocycles. The van der Waals surface area contributed by atoms with Crippen molar-refractivity contribution in [2.75, 3.05) is 21.3 Å². The highest BCUT2D eigenvalue weighted by atomic mass is 127. The number of fused-ring (bicyclic) bond motifs is 4. The van der Waals surface area contributed by atoms with Crippen LogP contribution < -0.4 is 31.1 Å². The number of Topliss-reactive ketones (excluding diaryl/α,β-unsaturated/α-hetero) is 1. The molecule has 50 heavy (non-hydrogen) atoms. The van der Waals surface area contributed by atoms with Crippen LogP contribution in [0.15, 0.2) is 75.6 Å². The molecule has 0 saturated heterocycles. The Balaban J connectivity index is 1.31. The maximum absolute atomic E-state index is 14.1. The van der Waals surface area contributed by atoms with Gasteiger partial charge in [0.05, 0.1) is 53.0 Å². The zero-order chi connectivity index (χ0) is 35.8. The quantitative estimate of drug-likeness (QED) is 0.166. The maximum atomic E-state index is 14.1. The van der Waals surface area contributed by atoms with Crippen LogP contribution in [-0.4, -0.2) is 61.5 Å². The topological polar surface area (TPSA) is 166 Å². The van der Waals surface area contributed by atoms with E-state index in [4.69, 9.17) is 14.2 Å². The van der Waals surface area contributed by atoms with Crippen molar-refractivity contribution in [1.82, 2.24) is 23.5 Å². The minimum atomic E-state index is -0.775. The minimum absolute atomic E-state index is 0.0144. The summed E-state index contributed by atoms with van der Waals surface area (Å²) in [6.07, 6.45) is 3.09. The van der Waals surface area contributed by atoms with Crippen LogP contribution in [0.5, 0.6) is 23.0 Å². The Morgan fingerprint density at radius 2 is 1.68 bits per heavy atom.